The Bertz CT molecular complexity index is 310. The lowest BCUT2D eigenvalue weighted by atomic mass is 10.4. The number of hydrogen-bond acceptors (Lipinski definition) is 4. The first kappa shape index (κ1) is 8.89. The summed E-state index contributed by atoms with van der Waals surface area (Å²) in [5.41, 5.74) is 0. The number of hydrogen-bond donors (Lipinski definition) is 0. The van der Waals surface area contributed by atoms with Gasteiger partial charge in [0.2, 0.25) is 0 Å². The summed E-state index contributed by atoms with van der Waals surface area (Å²) < 4.78 is 3.02. The highest BCUT2D eigenvalue weighted by atomic mass is 32.2. The van der Waals surface area contributed by atoms with Crippen molar-refractivity contribution in [2.45, 2.75) is 19.3 Å². The molecule has 0 N–H and O–H groups in total. The van der Waals surface area contributed by atoms with E-state index in [-0.39, 0.29) is 0 Å². The molecule has 3 aliphatic rings. The molecule has 68 valence electrons. The van der Waals surface area contributed by atoms with Crippen LogP contribution < -0.4 is 0 Å². The van der Waals surface area contributed by atoms with Crippen LogP contribution in [0.2, 0.25) is 0 Å². The van der Waals surface area contributed by atoms with Crippen LogP contribution in [0.4, 0.5) is 0 Å². The van der Waals surface area contributed by atoms with Crippen molar-refractivity contribution >= 4 is 47.0 Å². The van der Waals surface area contributed by atoms with Gasteiger partial charge in [-0.1, -0.05) is 47.0 Å². The number of rotatable bonds is 0. The monoisotopic (exact) mass is 244 g/mol. The molecule has 2 aliphatic heterocycles. The van der Waals surface area contributed by atoms with E-state index in [0.29, 0.717) is 0 Å². The highest BCUT2D eigenvalue weighted by Crippen LogP contribution is 2.60. The summed E-state index contributed by atoms with van der Waals surface area (Å²) in [5, 5.41) is 4.36. The predicted molar refractivity (Wildman–Crippen MR) is 67.4 cm³/mol. The van der Waals surface area contributed by atoms with Crippen molar-refractivity contribution in [3.05, 3.63) is 29.1 Å². The van der Waals surface area contributed by atoms with Crippen LogP contribution in [0.1, 0.15) is 19.3 Å². The van der Waals surface area contributed by atoms with Gasteiger partial charge in [-0.2, -0.15) is 0 Å². The normalized spacial score (nSPS) is 26.5. The summed E-state index contributed by atoms with van der Waals surface area (Å²) >= 11 is 7.78. The van der Waals surface area contributed by atoms with Gasteiger partial charge in [-0.05, 0) is 30.1 Å². The van der Waals surface area contributed by atoms with Gasteiger partial charge in [0.05, 0.1) is 8.47 Å². The molecule has 0 aromatic rings. The Morgan fingerprint density at radius 2 is 1.46 bits per heavy atom. The summed E-state index contributed by atoms with van der Waals surface area (Å²) in [4.78, 5) is 3.31. The molecule has 0 saturated heterocycles. The average Bonchev–Trinajstić information content (AvgIpc) is 2.78. The van der Waals surface area contributed by atoms with E-state index in [1.165, 1.54) is 27.7 Å². The fourth-order valence-corrected chi connectivity index (χ4v) is 6.61. The van der Waals surface area contributed by atoms with E-state index in [4.69, 9.17) is 0 Å². The maximum Gasteiger partial charge on any atom is 0.0699 e. The lowest BCUT2D eigenvalue weighted by Crippen LogP contribution is -1.71. The molecule has 0 fully saturated rings. The van der Waals surface area contributed by atoms with E-state index in [2.05, 4.69) is 10.8 Å². The third-order valence-electron chi connectivity index (χ3n) is 2.12. The minimum absolute atomic E-state index is 1.33. The summed E-state index contributed by atoms with van der Waals surface area (Å²) in [7, 11) is 0. The van der Waals surface area contributed by atoms with Crippen molar-refractivity contribution in [1.82, 2.24) is 0 Å². The lowest BCUT2D eigenvalue weighted by Gasteiger charge is -2.02. The Balaban J connectivity index is 1.82. The molecule has 2 heterocycles. The largest absolute Gasteiger partial charge is 0.0884 e. The molecule has 4 heteroatoms. The molecule has 0 spiro atoms. The van der Waals surface area contributed by atoms with Gasteiger partial charge in [-0.3, -0.25) is 0 Å². The number of allylic oxidation sites excluding steroid dienone is 2. The van der Waals surface area contributed by atoms with Gasteiger partial charge in [0, 0.05) is 9.81 Å². The molecule has 3 rings (SSSR count). The molecule has 13 heavy (non-hydrogen) atoms. The third kappa shape index (κ3) is 1.62. The standard InChI is InChI=1S/C9H8S4/c1-2-6-7(3-1)13-9(12-6)8-10-4-5-11-8/h4-5H,1-3H2. The maximum atomic E-state index is 2.18. The molecule has 0 radical (unpaired) electrons. The van der Waals surface area contributed by atoms with E-state index >= 15 is 0 Å². The Labute approximate surface area is 95.1 Å². The summed E-state index contributed by atoms with van der Waals surface area (Å²) in [5.74, 6) is 0. The molecule has 1 aliphatic carbocycles. The molecule has 0 unspecified atom stereocenters. The quantitative estimate of drug-likeness (QED) is 0.591. The predicted octanol–water partition coefficient (Wildman–Crippen LogP) is 4.94. The smallest absolute Gasteiger partial charge is 0.0699 e. The van der Waals surface area contributed by atoms with Crippen LogP contribution in [0.5, 0.6) is 0 Å². The highest BCUT2D eigenvalue weighted by Gasteiger charge is 2.27. The van der Waals surface area contributed by atoms with Gasteiger partial charge in [0.25, 0.3) is 0 Å². The molecule has 0 nitrogen and oxygen atoms in total. The van der Waals surface area contributed by atoms with E-state index in [1.54, 1.807) is 9.81 Å². The van der Waals surface area contributed by atoms with Gasteiger partial charge >= 0.3 is 0 Å². The van der Waals surface area contributed by atoms with Crippen molar-refractivity contribution in [3.8, 4) is 0 Å². The average molecular weight is 244 g/mol. The SMILES string of the molecule is C1=CSC(=C2SC3=C(CCC3)S2)S1. The maximum absolute atomic E-state index is 2.18. The summed E-state index contributed by atoms with van der Waals surface area (Å²) in [6.07, 6.45) is 4.03. The second-order valence-electron chi connectivity index (χ2n) is 2.99. The van der Waals surface area contributed by atoms with Crippen molar-refractivity contribution in [1.29, 1.82) is 0 Å². The lowest BCUT2D eigenvalue weighted by molar-refractivity contribution is 0.921. The topological polar surface area (TPSA) is 0 Å². The molecule has 0 amide bonds. The molecule has 0 aromatic heterocycles. The van der Waals surface area contributed by atoms with Gasteiger partial charge in [0.1, 0.15) is 0 Å². The van der Waals surface area contributed by atoms with Crippen LogP contribution in [0, 0.1) is 0 Å². The highest BCUT2D eigenvalue weighted by molar-refractivity contribution is 8.33. The molecule has 0 atom stereocenters. The second-order valence-corrected chi connectivity index (χ2v) is 7.55. The van der Waals surface area contributed by atoms with Crippen molar-refractivity contribution in [2.24, 2.45) is 0 Å². The summed E-state index contributed by atoms with van der Waals surface area (Å²) in [6, 6.07) is 0. The molecule has 0 saturated carbocycles. The van der Waals surface area contributed by atoms with Crippen LogP contribution in [0.15, 0.2) is 29.1 Å². The Kier molecular flexibility index (Phi) is 2.49. The Morgan fingerprint density at radius 1 is 0.846 bits per heavy atom. The fraction of sp³-hybridized carbons (Fsp3) is 0.333. The minimum atomic E-state index is 1.33. The van der Waals surface area contributed by atoms with Crippen LogP contribution in [0.25, 0.3) is 0 Å². The van der Waals surface area contributed by atoms with Crippen molar-refractivity contribution in [2.75, 3.05) is 0 Å². The van der Waals surface area contributed by atoms with Crippen LogP contribution >= 0.6 is 47.0 Å². The third-order valence-corrected chi connectivity index (χ3v) is 7.57. The van der Waals surface area contributed by atoms with Crippen molar-refractivity contribution < 1.29 is 0 Å². The van der Waals surface area contributed by atoms with Crippen molar-refractivity contribution in [3.63, 3.8) is 0 Å². The van der Waals surface area contributed by atoms with E-state index in [1.807, 2.05) is 47.0 Å². The Morgan fingerprint density at radius 3 is 2.08 bits per heavy atom. The molecule has 0 bridgehead atoms. The first-order chi connectivity index (χ1) is 6.43. The van der Waals surface area contributed by atoms with Gasteiger partial charge in [-0.15, -0.1) is 0 Å². The zero-order valence-corrected chi connectivity index (χ0v) is 10.2. The van der Waals surface area contributed by atoms with Crippen LogP contribution in [-0.4, -0.2) is 0 Å². The molecular weight excluding hydrogens is 236 g/mol. The van der Waals surface area contributed by atoms with Crippen LogP contribution in [-0.2, 0) is 0 Å². The van der Waals surface area contributed by atoms with E-state index in [9.17, 15) is 0 Å². The second kappa shape index (κ2) is 3.65. The molecule has 0 aromatic carbocycles. The van der Waals surface area contributed by atoms with E-state index in [0.717, 1.165) is 0 Å². The first-order valence-electron chi connectivity index (χ1n) is 4.24. The van der Waals surface area contributed by atoms with Gasteiger partial charge < -0.3 is 0 Å². The zero-order valence-electron chi connectivity index (χ0n) is 6.91. The van der Waals surface area contributed by atoms with E-state index < -0.39 is 0 Å². The van der Waals surface area contributed by atoms with Gasteiger partial charge in [-0.25, -0.2) is 0 Å². The minimum Gasteiger partial charge on any atom is -0.0884 e. The number of thioether (sulfide) groups is 4. The Hall–Kier alpha value is 0.620. The first-order valence-corrected chi connectivity index (χ1v) is 7.63. The zero-order chi connectivity index (χ0) is 8.67. The summed E-state index contributed by atoms with van der Waals surface area (Å²) in [6.45, 7) is 0. The molecular formula is C9H8S4. The fourth-order valence-electron chi connectivity index (χ4n) is 1.54. The van der Waals surface area contributed by atoms with Crippen LogP contribution in [0.3, 0.4) is 0 Å². The van der Waals surface area contributed by atoms with Gasteiger partial charge in [0.15, 0.2) is 0 Å².